The van der Waals surface area contributed by atoms with Gasteiger partial charge in [0.15, 0.2) is 5.96 Å². The van der Waals surface area contributed by atoms with Crippen LogP contribution in [0, 0.1) is 0 Å². The van der Waals surface area contributed by atoms with Gasteiger partial charge in [0.25, 0.3) is 0 Å². The number of ether oxygens (including phenoxy) is 1. The lowest BCUT2D eigenvalue weighted by Crippen LogP contribution is -2.53. The number of guanidine groups is 1. The zero-order valence-corrected chi connectivity index (χ0v) is 17.4. The summed E-state index contributed by atoms with van der Waals surface area (Å²) in [4.78, 5) is 10.9. The molecule has 1 aliphatic heterocycles. The summed E-state index contributed by atoms with van der Waals surface area (Å²) in [7, 11) is -1.85. The molecule has 3 heterocycles. The molecule has 10 nitrogen and oxygen atoms in total. The second-order valence-corrected chi connectivity index (χ2v) is 8.48. The fourth-order valence-electron chi connectivity index (χ4n) is 3.02. The molecule has 2 aromatic heterocycles. The van der Waals surface area contributed by atoms with Crippen LogP contribution in [-0.2, 0) is 22.3 Å². The number of hydrogen-bond acceptors (Lipinski definition) is 7. The van der Waals surface area contributed by atoms with E-state index in [-0.39, 0.29) is 5.75 Å². The van der Waals surface area contributed by atoms with Crippen molar-refractivity contribution in [1.82, 2.24) is 24.7 Å². The standard InChI is InChI=1S/C18H26N6O4S/c1-3-19-18(21-13-15-4-6-20-17(12-15)27-2)23-7-9-24(10-8-23)29(25,26)14-16-5-11-28-22-16/h4-6,11-12H,3,7-10,13-14H2,1-2H3,(H,19,21). The van der Waals surface area contributed by atoms with E-state index in [1.165, 1.54) is 10.6 Å². The lowest BCUT2D eigenvalue weighted by Gasteiger charge is -2.35. The van der Waals surface area contributed by atoms with Crippen LogP contribution in [0.5, 0.6) is 5.88 Å². The van der Waals surface area contributed by atoms with E-state index in [0.717, 1.165) is 18.1 Å². The van der Waals surface area contributed by atoms with E-state index in [1.54, 1.807) is 19.4 Å². The van der Waals surface area contributed by atoms with Gasteiger partial charge in [-0.05, 0) is 18.6 Å². The highest BCUT2D eigenvalue weighted by molar-refractivity contribution is 7.88. The van der Waals surface area contributed by atoms with Crippen molar-refractivity contribution in [3.05, 3.63) is 41.9 Å². The molecule has 0 aliphatic carbocycles. The maximum absolute atomic E-state index is 12.6. The molecule has 0 bridgehead atoms. The topological polar surface area (TPSA) is 113 Å². The summed E-state index contributed by atoms with van der Waals surface area (Å²) in [6.07, 6.45) is 3.06. The number of nitrogens with zero attached hydrogens (tertiary/aromatic N) is 5. The van der Waals surface area contributed by atoms with Crippen LogP contribution in [0.15, 0.2) is 40.2 Å². The Balaban J connectivity index is 1.61. The van der Waals surface area contributed by atoms with Gasteiger partial charge in [0, 0.05) is 51.1 Å². The molecule has 0 aromatic carbocycles. The van der Waals surface area contributed by atoms with E-state index >= 15 is 0 Å². The van der Waals surface area contributed by atoms with Gasteiger partial charge in [-0.2, -0.15) is 4.31 Å². The third-order valence-corrected chi connectivity index (χ3v) is 6.32. The lowest BCUT2D eigenvalue weighted by atomic mass is 10.3. The largest absolute Gasteiger partial charge is 0.481 e. The normalized spacial score (nSPS) is 16.1. The van der Waals surface area contributed by atoms with Crippen LogP contribution in [0.2, 0.25) is 0 Å². The summed E-state index contributed by atoms with van der Waals surface area (Å²) in [5.74, 6) is 1.16. The maximum atomic E-state index is 12.6. The summed E-state index contributed by atoms with van der Waals surface area (Å²) in [5.41, 5.74) is 1.40. The van der Waals surface area contributed by atoms with Crippen molar-refractivity contribution in [2.75, 3.05) is 39.8 Å². The molecule has 1 N–H and O–H groups in total. The van der Waals surface area contributed by atoms with E-state index in [9.17, 15) is 8.42 Å². The molecule has 0 radical (unpaired) electrons. The van der Waals surface area contributed by atoms with Crippen molar-refractivity contribution in [2.45, 2.75) is 19.2 Å². The molecule has 0 unspecified atom stereocenters. The molecule has 0 amide bonds. The quantitative estimate of drug-likeness (QED) is 0.512. The zero-order valence-electron chi connectivity index (χ0n) is 16.6. The number of aromatic nitrogens is 2. The minimum absolute atomic E-state index is 0.151. The third-order valence-electron chi connectivity index (χ3n) is 4.51. The first-order valence-corrected chi connectivity index (χ1v) is 11.0. The van der Waals surface area contributed by atoms with Gasteiger partial charge in [-0.3, -0.25) is 0 Å². The predicted molar refractivity (Wildman–Crippen MR) is 108 cm³/mol. The number of methoxy groups -OCH3 is 1. The average molecular weight is 423 g/mol. The molecule has 1 fully saturated rings. The number of rotatable bonds is 7. The van der Waals surface area contributed by atoms with E-state index in [2.05, 4.69) is 25.3 Å². The molecule has 1 saturated heterocycles. The van der Waals surface area contributed by atoms with E-state index < -0.39 is 10.0 Å². The maximum Gasteiger partial charge on any atom is 0.220 e. The highest BCUT2D eigenvalue weighted by Crippen LogP contribution is 2.14. The lowest BCUT2D eigenvalue weighted by molar-refractivity contribution is 0.259. The number of nitrogens with one attached hydrogen (secondary N) is 1. The number of pyridine rings is 1. The Bertz CT molecular complexity index is 908. The van der Waals surface area contributed by atoms with Crippen LogP contribution in [0.3, 0.4) is 0 Å². The fourth-order valence-corrected chi connectivity index (χ4v) is 4.45. The molecule has 2 aromatic rings. The van der Waals surface area contributed by atoms with Gasteiger partial charge in [-0.25, -0.2) is 18.4 Å². The molecule has 0 spiro atoms. The molecule has 0 saturated carbocycles. The van der Waals surface area contributed by atoms with Crippen molar-refractivity contribution in [1.29, 1.82) is 0 Å². The van der Waals surface area contributed by atoms with Gasteiger partial charge in [-0.1, -0.05) is 5.16 Å². The number of aliphatic imine (C=N–C) groups is 1. The Morgan fingerprint density at radius 1 is 1.31 bits per heavy atom. The Hall–Kier alpha value is -2.66. The van der Waals surface area contributed by atoms with E-state index in [0.29, 0.717) is 44.3 Å². The average Bonchev–Trinajstić information content (AvgIpc) is 3.23. The Kier molecular flexibility index (Phi) is 7.04. The first-order chi connectivity index (χ1) is 14.0. The van der Waals surface area contributed by atoms with Crippen LogP contribution >= 0.6 is 0 Å². The van der Waals surface area contributed by atoms with Crippen LogP contribution in [0.1, 0.15) is 18.2 Å². The van der Waals surface area contributed by atoms with Crippen molar-refractivity contribution < 1.29 is 17.7 Å². The van der Waals surface area contributed by atoms with Gasteiger partial charge in [0.05, 0.1) is 19.3 Å². The summed E-state index contributed by atoms with van der Waals surface area (Å²) in [5, 5.41) is 6.98. The molecule has 29 heavy (non-hydrogen) atoms. The summed E-state index contributed by atoms with van der Waals surface area (Å²) < 4.78 is 36.5. The van der Waals surface area contributed by atoms with Crippen LogP contribution < -0.4 is 10.1 Å². The highest BCUT2D eigenvalue weighted by Gasteiger charge is 2.29. The fraction of sp³-hybridized carbons (Fsp3) is 0.500. The van der Waals surface area contributed by atoms with Gasteiger partial charge < -0.3 is 19.5 Å². The van der Waals surface area contributed by atoms with Crippen molar-refractivity contribution in [2.24, 2.45) is 4.99 Å². The highest BCUT2D eigenvalue weighted by atomic mass is 32.2. The molecule has 1 aliphatic rings. The summed E-state index contributed by atoms with van der Waals surface area (Å²) in [6.45, 7) is 5.12. The van der Waals surface area contributed by atoms with E-state index in [1.807, 2.05) is 19.1 Å². The smallest absolute Gasteiger partial charge is 0.220 e. The first-order valence-electron chi connectivity index (χ1n) is 9.41. The molecule has 0 atom stereocenters. The first kappa shape index (κ1) is 21.1. The second-order valence-electron chi connectivity index (χ2n) is 6.51. The second kappa shape index (κ2) is 9.70. The minimum Gasteiger partial charge on any atom is -0.481 e. The monoisotopic (exact) mass is 422 g/mol. The van der Waals surface area contributed by atoms with E-state index in [4.69, 9.17) is 9.26 Å². The molecule has 11 heteroatoms. The predicted octanol–water partition coefficient (Wildman–Crippen LogP) is 0.691. The molecule has 3 rings (SSSR count). The van der Waals surface area contributed by atoms with Crippen molar-refractivity contribution in [3.63, 3.8) is 0 Å². The number of hydrogen-bond donors (Lipinski definition) is 1. The van der Waals surface area contributed by atoms with Crippen molar-refractivity contribution >= 4 is 16.0 Å². The van der Waals surface area contributed by atoms with Crippen LogP contribution in [0.25, 0.3) is 0 Å². The Labute approximate surface area is 170 Å². The molecular weight excluding hydrogens is 396 g/mol. The molecule has 158 valence electrons. The molecular formula is C18H26N6O4S. The number of piperazine rings is 1. The number of sulfonamides is 1. The Morgan fingerprint density at radius 2 is 2.10 bits per heavy atom. The van der Waals surface area contributed by atoms with Gasteiger partial charge in [0.2, 0.25) is 15.9 Å². The summed E-state index contributed by atoms with van der Waals surface area (Å²) >= 11 is 0. The SMILES string of the molecule is CCNC(=NCc1ccnc(OC)c1)N1CCN(S(=O)(=O)Cc2ccon2)CC1. The zero-order chi connectivity index (χ0) is 20.7. The third kappa shape index (κ3) is 5.67. The van der Waals surface area contributed by atoms with Crippen LogP contribution in [0.4, 0.5) is 0 Å². The van der Waals surface area contributed by atoms with Gasteiger partial charge in [0.1, 0.15) is 12.0 Å². The van der Waals surface area contributed by atoms with Crippen molar-refractivity contribution in [3.8, 4) is 5.88 Å². The summed E-state index contributed by atoms with van der Waals surface area (Å²) in [6, 6.07) is 5.31. The Morgan fingerprint density at radius 3 is 2.76 bits per heavy atom. The minimum atomic E-state index is -3.43. The van der Waals surface area contributed by atoms with Gasteiger partial charge in [-0.15, -0.1) is 0 Å². The van der Waals surface area contributed by atoms with Gasteiger partial charge >= 0.3 is 0 Å². The van der Waals surface area contributed by atoms with Crippen LogP contribution in [-0.4, -0.2) is 73.6 Å².